The largest absolute Gasteiger partial charge is 0.444 e. The molecule has 21 heteroatoms. The van der Waals surface area contributed by atoms with Crippen LogP contribution in [0.15, 0.2) is 53.6 Å². The van der Waals surface area contributed by atoms with Gasteiger partial charge in [-0.25, -0.2) is 35.4 Å². The Morgan fingerprint density at radius 3 is 2.19 bits per heavy atom. The number of benzene rings is 2. The third kappa shape index (κ3) is 9.84. The van der Waals surface area contributed by atoms with Gasteiger partial charge in [0.2, 0.25) is 0 Å². The van der Waals surface area contributed by atoms with Gasteiger partial charge in [-0.2, -0.15) is 26.0 Å². The molecule has 1 radical (unpaired) electrons. The van der Waals surface area contributed by atoms with Crippen molar-refractivity contribution in [3.05, 3.63) is 78.6 Å². The van der Waals surface area contributed by atoms with Crippen LogP contribution in [0.1, 0.15) is 53.0 Å². The Morgan fingerprint density at radius 2 is 1.67 bits per heavy atom. The molecular formula is C37H39AuF5N6O6S3-2. The molecule has 12 nitrogen and oxygen atoms in total. The number of aromatic nitrogens is 3. The van der Waals surface area contributed by atoms with Crippen molar-refractivity contribution in [1.29, 1.82) is 0 Å². The van der Waals surface area contributed by atoms with Gasteiger partial charge in [0.1, 0.15) is 16.3 Å². The van der Waals surface area contributed by atoms with E-state index in [9.17, 15) is 39.2 Å². The van der Waals surface area contributed by atoms with E-state index in [0.29, 0.717) is 52.4 Å². The second-order valence-electron chi connectivity index (χ2n) is 15.3. The molecule has 58 heavy (non-hydrogen) atoms. The summed E-state index contributed by atoms with van der Waals surface area (Å²) in [6.45, 7) is 9.70. The number of nitrogens with zero attached hydrogens (tertiary/aromatic N) is 5. The van der Waals surface area contributed by atoms with Crippen LogP contribution in [0.3, 0.4) is 0 Å². The fraction of sp³-hybridized carbons (Fsp3) is 0.432. The average Bonchev–Trinajstić information content (AvgIpc) is 3.50. The molecule has 7 rings (SSSR count). The van der Waals surface area contributed by atoms with Crippen molar-refractivity contribution in [2.24, 2.45) is 5.41 Å². The van der Waals surface area contributed by atoms with Crippen molar-refractivity contribution in [3.8, 4) is 21.8 Å². The second-order valence-corrected chi connectivity index (χ2v) is 20.0. The first kappa shape index (κ1) is 45.4. The summed E-state index contributed by atoms with van der Waals surface area (Å²) in [5, 5.41) is 0.439. The molecule has 3 aliphatic rings. The van der Waals surface area contributed by atoms with Crippen LogP contribution in [0, 0.1) is 29.8 Å². The number of halogens is 5. The minimum Gasteiger partial charge on any atom is -0.444 e. The number of alkyl halides is 3. The fourth-order valence-electron chi connectivity index (χ4n) is 7.01. The number of sulfone groups is 1. The molecule has 4 aromatic rings. The Hall–Kier alpha value is -3.69. The van der Waals surface area contributed by atoms with Crippen LogP contribution in [-0.4, -0.2) is 85.1 Å². The molecule has 1 saturated carbocycles. The minimum atomic E-state index is -5.27. The van der Waals surface area contributed by atoms with Crippen molar-refractivity contribution in [2.45, 2.75) is 76.2 Å². The summed E-state index contributed by atoms with van der Waals surface area (Å²) >= 11 is 1.16. The van der Waals surface area contributed by atoms with Gasteiger partial charge in [0, 0.05) is 64.3 Å². The first-order valence-electron chi connectivity index (χ1n) is 17.7. The number of nitrogens with one attached hydrogen (secondary N) is 1. The second kappa shape index (κ2) is 16.8. The SMILES string of the molecule is C[C@H]1CN(C(=O)OC(C)(C)C)C[C@H](C)N1c1nc(-c2cccc(NS(=O)(=O)c3c(F)cccc3C(F)(F)F)c2F)c(-c2ccn[c-]n2)s1.O=S1(=O)CC2(C[CH-]C2)C1.[Au]. The minimum absolute atomic E-state index is 0. The summed E-state index contributed by atoms with van der Waals surface area (Å²) in [5.41, 5.74) is -2.75. The zero-order chi connectivity index (χ0) is 41.7. The quantitative estimate of drug-likeness (QED) is 0.118. The summed E-state index contributed by atoms with van der Waals surface area (Å²) in [7, 11) is -7.84. The van der Waals surface area contributed by atoms with Crippen molar-refractivity contribution in [1.82, 2.24) is 19.9 Å². The molecule has 2 atom stereocenters. The van der Waals surface area contributed by atoms with Crippen molar-refractivity contribution in [3.63, 3.8) is 0 Å². The predicted molar refractivity (Wildman–Crippen MR) is 203 cm³/mol. The Labute approximate surface area is 353 Å². The predicted octanol–water partition coefficient (Wildman–Crippen LogP) is 7.40. The normalized spacial score (nSPS) is 19.8. The van der Waals surface area contributed by atoms with Crippen molar-refractivity contribution in [2.75, 3.05) is 34.2 Å². The smallest absolute Gasteiger partial charge is 0.417 e. The maximum Gasteiger partial charge on any atom is 0.417 e. The summed E-state index contributed by atoms with van der Waals surface area (Å²) in [4.78, 5) is 27.8. The molecule has 0 unspecified atom stereocenters. The van der Waals surface area contributed by atoms with E-state index in [4.69, 9.17) is 9.72 Å². The number of carbonyl (C=O) groups is 1. The molecule has 1 aliphatic carbocycles. The van der Waals surface area contributed by atoms with Gasteiger partial charge < -0.3 is 30.9 Å². The van der Waals surface area contributed by atoms with Gasteiger partial charge in [-0.15, -0.1) is 17.4 Å². The number of sulfonamides is 1. The van der Waals surface area contributed by atoms with Gasteiger partial charge in [0.05, 0.1) is 28.5 Å². The number of ether oxygens (including phenoxy) is 1. The Bertz CT molecular complexity index is 2350. The van der Waals surface area contributed by atoms with Crippen LogP contribution in [0.25, 0.3) is 21.8 Å². The zero-order valence-electron chi connectivity index (χ0n) is 31.7. The Morgan fingerprint density at radius 1 is 1.03 bits per heavy atom. The topological polar surface area (TPSA) is 152 Å². The Balaban J connectivity index is 0.000000558. The van der Waals surface area contributed by atoms with E-state index in [2.05, 4.69) is 22.7 Å². The molecule has 3 fully saturated rings. The monoisotopic (exact) mass is 1050 g/mol. The number of hydrogen-bond acceptors (Lipinski definition) is 11. The molecule has 2 aromatic carbocycles. The summed E-state index contributed by atoms with van der Waals surface area (Å²) in [6.07, 6.45) is 2.45. The van der Waals surface area contributed by atoms with E-state index < -0.39 is 65.5 Å². The van der Waals surface area contributed by atoms with Crippen LogP contribution in [0.4, 0.5) is 37.6 Å². The van der Waals surface area contributed by atoms with E-state index in [1.165, 1.54) is 18.3 Å². The van der Waals surface area contributed by atoms with Gasteiger partial charge in [-0.3, -0.25) is 4.72 Å². The van der Waals surface area contributed by atoms with Gasteiger partial charge in [-0.05, 0) is 64.6 Å². The molecule has 2 aromatic heterocycles. The third-order valence-corrected chi connectivity index (χ3v) is 14.1. The molecule has 2 saturated heterocycles. The maximum atomic E-state index is 16.2. The van der Waals surface area contributed by atoms with Crippen LogP contribution >= 0.6 is 11.3 Å². The molecule has 1 N–H and O–H groups in total. The van der Waals surface area contributed by atoms with E-state index in [0.717, 1.165) is 36.3 Å². The summed E-state index contributed by atoms with van der Waals surface area (Å²) < 4.78 is 127. The number of amides is 1. The number of rotatable bonds is 6. The standard InChI is InChI=1S/C31H30F5N6O4S2.C6H9O2S.Au/c1-17-14-41(29(43)46-30(3,4)5)15-18(2)42(17)28-39-25(26(47-28)23-12-13-37-16-38-23)19-8-6-11-22(24(19)33)40-48(44,45)27-20(31(34,35)36)9-7-10-21(27)32;7-9(8)4-6(5-9)2-1-3-6;/h6-13,17-18,40H,14-15H2,1-5H3;1H,2-5H2;/q2*-1;/t17-,18-;;/m0../s1. The van der Waals surface area contributed by atoms with Crippen LogP contribution in [0.5, 0.6) is 0 Å². The van der Waals surface area contributed by atoms with Crippen LogP contribution in [-0.2, 0) is 53.2 Å². The fourth-order valence-corrected chi connectivity index (χ4v) is 11.9. The molecule has 1 spiro atoms. The third-order valence-electron chi connectivity index (χ3n) is 9.42. The van der Waals surface area contributed by atoms with Crippen molar-refractivity contribution < 1.29 is 70.7 Å². The number of hydrogen-bond donors (Lipinski definition) is 1. The molecule has 1 amide bonds. The zero-order valence-corrected chi connectivity index (χ0v) is 36.3. The molecular weight excluding hydrogens is 1010 g/mol. The van der Waals surface area contributed by atoms with Gasteiger partial charge in [-0.1, -0.05) is 23.7 Å². The van der Waals surface area contributed by atoms with Gasteiger partial charge in [0.15, 0.2) is 20.8 Å². The average molecular weight is 1050 g/mol. The number of thiazole rings is 1. The van der Waals surface area contributed by atoms with E-state index in [-0.39, 0.29) is 51.1 Å². The first-order valence-corrected chi connectivity index (χ1v) is 21.8. The van der Waals surface area contributed by atoms with Crippen LogP contribution < -0.4 is 9.62 Å². The Kier molecular flexibility index (Phi) is 13.1. The van der Waals surface area contributed by atoms with Crippen LogP contribution in [0.2, 0.25) is 0 Å². The number of anilines is 2. The molecule has 2 aliphatic heterocycles. The number of carbonyl (C=O) groups excluding carboxylic acids is 1. The van der Waals surface area contributed by atoms with E-state index in [1.54, 1.807) is 36.5 Å². The molecule has 0 bridgehead atoms. The molecule has 4 heterocycles. The maximum absolute atomic E-state index is 16.2. The summed E-state index contributed by atoms with van der Waals surface area (Å²) in [5.74, 6) is -1.92. The van der Waals surface area contributed by atoms with Gasteiger partial charge in [0.25, 0.3) is 10.0 Å². The van der Waals surface area contributed by atoms with E-state index >= 15 is 4.39 Å². The number of piperazine rings is 1. The van der Waals surface area contributed by atoms with E-state index in [1.807, 2.05) is 18.7 Å². The molecule has 319 valence electrons. The summed E-state index contributed by atoms with van der Waals surface area (Å²) in [6, 6.07) is 6.31. The van der Waals surface area contributed by atoms with Gasteiger partial charge >= 0.3 is 12.3 Å². The van der Waals surface area contributed by atoms with Crippen molar-refractivity contribution >= 4 is 48.1 Å². The first-order chi connectivity index (χ1) is 26.5.